The molecule has 2 N–H and O–H groups in total. The summed E-state index contributed by atoms with van der Waals surface area (Å²) in [5.74, 6) is 0.192. The van der Waals surface area contributed by atoms with Gasteiger partial charge in [0.05, 0.1) is 7.11 Å². The van der Waals surface area contributed by atoms with Gasteiger partial charge in [0.2, 0.25) is 11.8 Å². The third-order valence-electron chi connectivity index (χ3n) is 3.57. The van der Waals surface area contributed by atoms with Crippen LogP contribution in [0.2, 0.25) is 0 Å². The van der Waals surface area contributed by atoms with E-state index in [0.29, 0.717) is 11.3 Å². The Morgan fingerprint density at radius 3 is 2.35 bits per heavy atom. The van der Waals surface area contributed by atoms with Gasteiger partial charge in [0.25, 0.3) is 5.91 Å². The van der Waals surface area contributed by atoms with Gasteiger partial charge in [0.1, 0.15) is 5.56 Å². The first kappa shape index (κ1) is 15.0. The van der Waals surface area contributed by atoms with E-state index in [-0.39, 0.29) is 23.6 Å². The van der Waals surface area contributed by atoms with Crippen LogP contribution in [0.25, 0.3) is 0 Å². The Kier molecular flexibility index (Phi) is 4.23. The van der Waals surface area contributed by atoms with Crippen LogP contribution in [0.3, 0.4) is 0 Å². The molecule has 0 atom stereocenters. The van der Waals surface area contributed by atoms with Crippen molar-refractivity contribution < 1.29 is 14.3 Å². The minimum atomic E-state index is -0.301. The normalized spacial score (nSPS) is 13.3. The summed E-state index contributed by atoms with van der Waals surface area (Å²) < 4.78 is 5.08. The summed E-state index contributed by atoms with van der Waals surface area (Å²) >= 11 is 0. The van der Waals surface area contributed by atoms with E-state index in [1.54, 1.807) is 42.6 Å². The van der Waals surface area contributed by atoms with Crippen molar-refractivity contribution in [1.82, 2.24) is 4.98 Å². The predicted octanol–water partition coefficient (Wildman–Crippen LogP) is 2.69. The van der Waals surface area contributed by atoms with Crippen molar-refractivity contribution in [3.05, 3.63) is 48.2 Å². The topological polar surface area (TPSA) is 80.3 Å². The Morgan fingerprint density at radius 2 is 1.74 bits per heavy atom. The Hall–Kier alpha value is -2.89. The SMILES string of the molecule is COc1ncccc1C(=O)Nc1ccc(NC(=O)C2CC2)cc1. The second-order valence-corrected chi connectivity index (χ2v) is 5.36. The molecule has 0 radical (unpaired) electrons. The second kappa shape index (κ2) is 6.48. The zero-order valence-corrected chi connectivity index (χ0v) is 12.7. The quantitative estimate of drug-likeness (QED) is 0.889. The van der Waals surface area contributed by atoms with Crippen molar-refractivity contribution in [2.75, 3.05) is 17.7 Å². The minimum Gasteiger partial charge on any atom is -0.480 e. The average Bonchev–Trinajstić information content (AvgIpc) is 3.41. The summed E-state index contributed by atoms with van der Waals surface area (Å²) in [7, 11) is 1.47. The van der Waals surface area contributed by atoms with Crippen LogP contribution in [0.5, 0.6) is 5.88 Å². The van der Waals surface area contributed by atoms with Crippen molar-refractivity contribution in [3.63, 3.8) is 0 Å². The number of amides is 2. The molecule has 118 valence electrons. The van der Waals surface area contributed by atoms with Crippen LogP contribution in [-0.4, -0.2) is 23.9 Å². The van der Waals surface area contributed by atoms with E-state index < -0.39 is 0 Å². The molecular formula is C17H17N3O3. The highest BCUT2D eigenvalue weighted by Gasteiger charge is 2.29. The molecule has 3 rings (SSSR count). The maximum Gasteiger partial charge on any atom is 0.261 e. The van der Waals surface area contributed by atoms with Gasteiger partial charge < -0.3 is 15.4 Å². The van der Waals surface area contributed by atoms with Crippen molar-refractivity contribution in [2.45, 2.75) is 12.8 Å². The van der Waals surface area contributed by atoms with Crippen LogP contribution in [0.15, 0.2) is 42.6 Å². The molecule has 0 saturated heterocycles. The third-order valence-corrected chi connectivity index (χ3v) is 3.57. The summed E-state index contributed by atoms with van der Waals surface area (Å²) in [4.78, 5) is 27.9. The van der Waals surface area contributed by atoms with E-state index in [4.69, 9.17) is 4.74 Å². The molecule has 23 heavy (non-hydrogen) atoms. The van der Waals surface area contributed by atoms with Crippen molar-refractivity contribution in [1.29, 1.82) is 0 Å². The zero-order valence-electron chi connectivity index (χ0n) is 12.7. The second-order valence-electron chi connectivity index (χ2n) is 5.36. The number of methoxy groups -OCH3 is 1. The fourth-order valence-electron chi connectivity index (χ4n) is 2.15. The van der Waals surface area contributed by atoms with Gasteiger partial charge in [-0.05, 0) is 49.2 Å². The van der Waals surface area contributed by atoms with Crippen LogP contribution in [0, 0.1) is 5.92 Å². The van der Waals surface area contributed by atoms with Crippen LogP contribution in [-0.2, 0) is 4.79 Å². The van der Waals surface area contributed by atoms with Gasteiger partial charge in [0, 0.05) is 23.5 Å². The number of nitrogens with one attached hydrogen (secondary N) is 2. The number of hydrogen-bond donors (Lipinski definition) is 2. The predicted molar refractivity (Wildman–Crippen MR) is 86.5 cm³/mol. The highest BCUT2D eigenvalue weighted by molar-refractivity contribution is 6.06. The number of aromatic nitrogens is 1. The van der Waals surface area contributed by atoms with Crippen LogP contribution >= 0.6 is 0 Å². The average molecular weight is 311 g/mol. The molecule has 6 heteroatoms. The molecule has 6 nitrogen and oxygen atoms in total. The lowest BCUT2D eigenvalue weighted by Gasteiger charge is -2.09. The van der Waals surface area contributed by atoms with Crippen molar-refractivity contribution >= 4 is 23.2 Å². The highest BCUT2D eigenvalue weighted by Crippen LogP contribution is 2.30. The molecule has 1 heterocycles. The highest BCUT2D eigenvalue weighted by atomic mass is 16.5. The smallest absolute Gasteiger partial charge is 0.261 e. The molecule has 0 bridgehead atoms. The molecule has 1 fully saturated rings. The van der Waals surface area contributed by atoms with Gasteiger partial charge in [0.15, 0.2) is 0 Å². The molecule has 0 unspecified atom stereocenters. The standard InChI is InChI=1S/C17H17N3O3/c1-23-17-14(3-2-10-18-17)16(22)20-13-8-6-12(7-9-13)19-15(21)11-4-5-11/h2-3,6-11H,4-5H2,1H3,(H,19,21)(H,20,22). The van der Waals surface area contributed by atoms with E-state index in [1.807, 2.05) is 0 Å². The van der Waals surface area contributed by atoms with E-state index in [9.17, 15) is 9.59 Å². The maximum atomic E-state index is 12.3. The lowest BCUT2D eigenvalue weighted by atomic mass is 10.2. The van der Waals surface area contributed by atoms with Gasteiger partial charge in [-0.25, -0.2) is 4.98 Å². The first-order valence-electron chi connectivity index (χ1n) is 7.38. The van der Waals surface area contributed by atoms with Crippen LogP contribution in [0.4, 0.5) is 11.4 Å². The Bertz CT molecular complexity index is 724. The first-order chi connectivity index (χ1) is 11.2. The third kappa shape index (κ3) is 3.66. The number of hydrogen-bond acceptors (Lipinski definition) is 4. The number of rotatable bonds is 5. The Labute approximate surface area is 133 Å². The Balaban J connectivity index is 1.65. The Morgan fingerprint density at radius 1 is 1.09 bits per heavy atom. The lowest BCUT2D eigenvalue weighted by molar-refractivity contribution is -0.117. The number of pyridine rings is 1. The first-order valence-corrected chi connectivity index (χ1v) is 7.38. The molecule has 1 aliphatic carbocycles. The molecule has 1 aliphatic rings. The maximum absolute atomic E-state index is 12.3. The summed E-state index contributed by atoms with van der Waals surface area (Å²) in [6.07, 6.45) is 3.49. The molecule has 1 aromatic heterocycles. The molecule has 2 amide bonds. The number of ether oxygens (including phenoxy) is 1. The number of nitrogens with zero attached hydrogens (tertiary/aromatic N) is 1. The number of benzene rings is 1. The van der Waals surface area contributed by atoms with Crippen LogP contribution in [0.1, 0.15) is 23.2 Å². The molecular weight excluding hydrogens is 294 g/mol. The van der Waals surface area contributed by atoms with Gasteiger partial charge in [-0.2, -0.15) is 0 Å². The van der Waals surface area contributed by atoms with Gasteiger partial charge in [-0.3, -0.25) is 9.59 Å². The fourth-order valence-corrected chi connectivity index (χ4v) is 2.15. The number of anilines is 2. The van der Waals surface area contributed by atoms with Crippen molar-refractivity contribution in [2.24, 2.45) is 5.92 Å². The summed E-state index contributed by atoms with van der Waals surface area (Å²) in [6, 6.07) is 10.3. The number of carbonyl (C=O) groups excluding carboxylic acids is 2. The van der Waals surface area contributed by atoms with Gasteiger partial charge in [-0.1, -0.05) is 0 Å². The van der Waals surface area contributed by atoms with Crippen LogP contribution < -0.4 is 15.4 Å². The van der Waals surface area contributed by atoms with E-state index in [2.05, 4.69) is 15.6 Å². The number of carbonyl (C=O) groups is 2. The molecule has 2 aromatic rings. The molecule has 0 aliphatic heterocycles. The molecule has 1 aromatic carbocycles. The summed E-state index contributed by atoms with van der Waals surface area (Å²) in [5, 5.41) is 5.63. The largest absolute Gasteiger partial charge is 0.480 e. The van der Waals surface area contributed by atoms with E-state index >= 15 is 0 Å². The van der Waals surface area contributed by atoms with E-state index in [0.717, 1.165) is 18.5 Å². The molecule has 1 saturated carbocycles. The zero-order chi connectivity index (χ0) is 16.2. The summed E-state index contributed by atoms with van der Waals surface area (Å²) in [5.41, 5.74) is 1.71. The monoisotopic (exact) mass is 311 g/mol. The van der Waals surface area contributed by atoms with E-state index in [1.165, 1.54) is 7.11 Å². The lowest BCUT2D eigenvalue weighted by Crippen LogP contribution is -2.14. The van der Waals surface area contributed by atoms with Crippen molar-refractivity contribution in [3.8, 4) is 5.88 Å². The minimum absolute atomic E-state index is 0.0573. The van der Waals surface area contributed by atoms with Gasteiger partial charge in [-0.15, -0.1) is 0 Å². The summed E-state index contributed by atoms with van der Waals surface area (Å²) in [6.45, 7) is 0. The van der Waals surface area contributed by atoms with Gasteiger partial charge >= 0.3 is 0 Å². The fraction of sp³-hybridized carbons (Fsp3) is 0.235. The molecule has 0 spiro atoms.